The third-order valence-corrected chi connectivity index (χ3v) is 3.70. The van der Waals surface area contributed by atoms with E-state index < -0.39 is 0 Å². The highest BCUT2D eigenvalue weighted by atomic mass is 79.9. The minimum atomic E-state index is -0.231. The molecule has 3 aromatic rings. The zero-order chi connectivity index (χ0) is 13.2. The summed E-state index contributed by atoms with van der Waals surface area (Å²) in [6.07, 6.45) is 1.78. The van der Waals surface area contributed by atoms with Crippen LogP contribution in [0, 0.1) is 5.82 Å². The van der Waals surface area contributed by atoms with Crippen molar-refractivity contribution < 1.29 is 4.39 Å². The standard InChI is InChI=1S/C14H11BrFN3/c15-13-3-1-11(16)5-9(13)7-17-12-2-4-14-10(6-12)8-18-19-14/h1-6,8,17H,7H2,(H,18,19). The van der Waals surface area contributed by atoms with Gasteiger partial charge in [-0.3, -0.25) is 5.10 Å². The molecule has 1 aromatic heterocycles. The summed E-state index contributed by atoms with van der Waals surface area (Å²) in [5.41, 5.74) is 2.86. The number of hydrogen-bond donors (Lipinski definition) is 2. The van der Waals surface area contributed by atoms with Crippen molar-refractivity contribution in [2.45, 2.75) is 6.54 Å². The van der Waals surface area contributed by atoms with Gasteiger partial charge in [-0.1, -0.05) is 15.9 Å². The molecule has 2 aromatic carbocycles. The Kier molecular flexibility index (Phi) is 3.21. The van der Waals surface area contributed by atoms with E-state index in [1.54, 1.807) is 12.3 Å². The molecule has 5 heteroatoms. The van der Waals surface area contributed by atoms with E-state index in [1.165, 1.54) is 12.1 Å². The van der Waals surface area contributed by atoms with Gasteiger partial charge in [0.25, 0.3) is 0 Å². The third kappa shape index (κ3) is 2.61. The zero-order valence-electron chi connectivity index (χ0n) is 9.95. The molecule has 3 nitrogen and oxygen atoms in total. The van der Waals surface area contributed by atoms with E-state index in [-0.39, 0.29) is 5.82 Å². The van der Waals surface area contributed by atoms with Gasteiger partial charge < -0.3 is 5.32 Å². The second-order valence-corrected chi connectivity index (χ2v) is 5.12. The van der Waals surface area contributed by atoms with Crippen molar-refractivity contribution >= 4 is 32.5 Å². The van der Waals surface area contributed by atoms with Gasteiger partial charge >= 0.3 is 0 Å². The van der Waals surface area contributed by atoms with E-state index in [0.717, 1.165) is 26.6 Å². The van der Waals surface area contributed by atoms with Crippen LogP contribution in [0.4, 0.5) is 10.1 Å². The van der Waals surface area contributed by atoms with E-state index in [0.29, 0.717) is 6.54 Å². The summed E-state index contributed by atoms with van der Waals surface area (Å²) in [6, 6.07) is 10.6. The number of aromatic nitrogens is 2. The average molecular weight is 320 g/mol. The lowest BCUT2D eigenvalue weighted by Crippen LogP contribution is -2.00. The van der Waals surface area contributed by atoms with Gasteiger partial charge in [-0.2, -0.15) is 5.10 Å². The molecule has 2 N–H and O–H groups in total. The Labute approximate surface area is 118 Å². The van der Waals surface area contributed by atoms with E-state index in [9.17, 15) is 4.39 Å². The molecule has 19 heavy (non-hydrogen) atoms. The number of benzene rings is 2. The van der Waals surface area contributed by atoms with E-state index in [4.69, 9.17) is 0 Å². The topological polar surface area (TPSA) is 40.7 Å². The van der Waals surface area contributed by atoms with Gasteiger partial charge in [-0.05, 0) is 42.0 Å². The Balaban J connectivity index is 1.79. The van der Waals surface area contributed by atoms with Crippen LogP contribution in [-0.4, -0.2) is 10.2 Å². The van der Waals surface area contributed by atoms with Gasteiger partial charge in [0.2, 0.25) is 0 Å². The van der Waals surface area contributed by atoms with E-state index in [2.05, 4.69) is 31.4 Å². The number of hydrogen-bond acceptors (Lipinski definition) is 2. The van der Waals surface area contributed by atoms with Crippen molar-refractivity contribution in [1.82, 2.24) is 10.2 Å². The number of anilines is 1. The fraction of sp³-hybridized carbons (Fsp3) is 0.0714. The molecule has 3 rings (SSSR count). The van der Waals surface area contributed by atoms with Gasteiger partial charge in [-0.15, -0.1) is 0 Å². The quantitative estimate of drug-likeness (QED) is 0.763. The smallest absolute Gasteiger partial charge is 0.123 e. The Morgan fingerprint density at radius 3 is 3.00 bits per heavy atom. The molecule has 0 atom stereocenters. The molecule has 0 fully saturated rings. The maximum atomic E-state index is 13.2. The number of H-pyrrole nitrogens is 1. The second-order valence-electron chi connectivity index (χ2n) is 4.26. The molecule has 0 unspecified atom stereocenters. The van der Waals surface area contributed by atoms with Crippen LogP contribution in [0.3, 0.4) is 0 Å². The summed E-state index contributed by atoms with van der Waals surface area (Å²) in [4.78, 5) is 0. The monoisotopic (exact) mass is 319 g/mol. The summed E-state index contributed by atoms with van der Waals surface area (Å²) >= 11 is 3.42. The number of nitrogens with one attached hydrogen (secondary N) is 2. The number of aromatic amines is 1. The maximum Gasteiger partial charge on any atom is 0.123 e. The van der Waals surface area contributed by atoms with Crippen LogP contribution in [0.1, 0.15) is 5.56 Å². The molecule has 0 amide bonds. The Morgan fingerprint density at radius 2 is 2.11 bits per heavy atom. The molecule has 0 saturated heterocycles. The Hall–Kier alpha value is -1.88. The molecule has 0 aliphatic heterocycles. The van der Waals surface area contributed by atoms with Crippen LogP contribution in [-0.2, 0) is 6.54 Å². The average Bonchev–Trinajstić information content (AvgIpc) is 2.87. The first-order valence-corrected chi connectivity index (χ1v) is 6.62. The molecule has 0 radical (unpaired) electrons. The molecule has 0 bridgehead atoms. The first-order valence-electron chi connectivity index (χ1n) is 5.83. The summed E-state index contributed by atoms with van der Waals surface area (Å²) < 4.78 is 14.1. The lowest BCUT2D eigenvalue weighted by molar-refractivity contribution is 0.625. The zero-order valence-corrected chi connectivity index (χ0v) is 11.5. The van der Waals surface area contributed by atoms with Crippen LogP contribution < -0.4 is 5.32 Å². The second kappa shape index (κ2) is 5.01. The van der Waals surface area contributed by atoms with Gasteiger partial charge in [0, 0.05) is 22.1 Å². The molecule has 96 valence electrons. The summed E-state index contributed by atoms with van der Waals surface area (Å²) in [7, 11) is 0. The highest BCUT2D eigenvalue weighted by molar-refractivity contribution is 9.10. The summed E-state index contributed by atoms with van der Waals surface area (Å²) in [5.74, 6) is -0.231. The predicted molar refractivity (Wildman–Crippen MR) is 77.5 cm³/mol. The van der Waals surface area contributed by atoms with Gasteiger partial charge in [0.05, 0.1) is 11.7 Å². The maximum absolute atomic E-state index is 13.2. The Morgan fingerprint density at radius 1 is 1.21 bits per heavy atom. The van der Waals surface area contributed by atoms with Gasteiger partial charge in [-0.25, -0.2) is 4.39 Å². The highest BCUT2D eigenvalue weighted by Gasteiger charge is 2.03. The van der Waals surface area contributed by atoms with Gasteiger partial charge in [0.1, 0.15) is 5.82 Å². The summed E-state index contributed by atoms with van der Waals surface area (Å²) in [5, 5.41) is 11.2. The summed E-state index contributed by atoms with van der Waals surface area (Å²) in [6.45, 7) is 0.557. The van der Waals surface area contributed by atoms with Crippen LogP contribution in [0.5, 0.6) is 0 Å². The van der Waals surface area contributed by atoms with Crippen molar-refractivity contribution in [2.75, 3.05) is 5.32 Å². The predicted octanol–water partition coefficient (Wildman–Crippen LogP) is 4.08. The minimum absolute atomic E-state index is 0.231. The first kappa shape index (κ1) is 12.2. The van der Waals surface area contributed by atoms with Crippen molar-refractivity contribution in [3.63, 3.8) is 0 Å². The molecule has 1 heterocycles. The van der Waals surface area contributed by atoms with Crippen LogP contribution in [0.15, 0.2) is 47.1 Å². The minimum Gasteiger partial charge on any atom is -0.381 e. The number of fused-ring (bicyclic) bond motifs is 1. The van der Waals surface area contributed by atoms with E-state index in [1.807, 2.05) is 18.2 Å². The number of halogens is 2. The number of nitrogens with zero attached hydrogens (tertiary/aromatic N) is 1. The highest BCUT2D eigenvalue weighted by Crippen LogP contribution is 2.21. The largest absolute Gasteiger partial charge is 0.381 e. The fourth-order valence-corrected chi connectivity index (χ4v) is 2.32. The lowest BCUT2D eigenvalue weighted by Gasteiger charge is -2.08. The molecule has 0 aliphatic rings. The SMILES string of the molecule is Fc1ccc(Br)c(CNc2ccc3[nH]ncc3c2)c1. The molecule has 0 spiro atoms. The fourth-order valence-electron chi connectivity index (χ4n) is 1.93. The molecular weight excluding hydrogens is 309 g/mol. The molecule has 0 aliphatic carbocycles. The van der Waals surface area contributed by atoms with Crippen LogP contribution in [0.25, 0.3) is 10.9 Å². The van der Waals surface area contributed by atoms with Crippen molar-refractivity contribution in [3.05, 3.63) is 58.4 Å². The van der Waals surface area contributed by atoms with Crippen LogP contribution in [0.2, 0.25) is 0 Å². The lowest BCUT2D eigenvalue weighted by atomic mass is 10.2. The molecular formula is C14H11BrFN3. The number of rotatable bonds is 3. The third-order valence-electron chi connectivity index (χ3n) is 2.93. The van der Waals surface area contributed by atoms with Crippen molar-refractivity contribution in [3.8, 4) is 0 Å². The molecule has 0 saturated carbocycles. The van der Waals surface area contributed by atoms with Gasteiger partial charge in [0.15, 0.2) is 0 Å². The Bertz CT molecular complexity index is 724. The van der Waals surface area contributed by atoms with Crippen molar-refractivity contribution in [1.29, 1.82) is 0 Å². The van der Waals surface area contributed by atoms with Crippen LogP contribution >= 0.6 is 15.9 Å². The van der Waals surface area contributed by atoms with Crippen molar-refractivity contribution in [2.24, 2.45) is 0 Å². The normalized spacial score (nSPS) is 10.8. The van der Waals surface area contributed by atoms with E-state index >= 15 is 0 Å². The first-order chi connectivity index (χ1) is 9.22.